The van der Waals surface area contributed by atoms with E-state index in [0.29, 0.717) is 12.1 Å². The molecule has 1 aliphatic heterocycles. The Morgan fingerprint density at radius 1 is 1.00 bits per heavy atom. The maximum absolute atomic E-state index is 12.7. The average molecular weight is 350 g/mol. The molecular formula is C12H10ClF6NO2. The smallest absolute Gasteiger partial charge is 0.416 e. The molecule has 0 aliphatic carbocycles. The maximum Gasteiger partial charge on any atom is 0.416 e. The number of rotatable bonds is 2. The van der Waals surface area contributed by atoms with Crippen LogP contribution in [-0.4, -0.2) is 24.1 Å². The van der Waals surface area contributed by atoms with Gasteiger partial charge in [0.2, 0.25) is 0 Å². The van der Waals surface area contributed by atoms with Crippen LogP contribution in [0, 0.1) is 0 Å². The highest BCUT2D eigenvalue weighted by atomic mass is 35.5. The fraction of sp³-hybridized carbons (Fsp3) is 0.417. The van der Waals surface area contributed by atoms with Crippen LogP contribution in [0.15, 0.2) is 18.2 Å². The normalized spacial score (nSPS) is 15.5. The van der Waals surface area contributed by atoms with E-state index in [1.807, 2.05) is 0 Å². The minimum absolute atomic E-state index is 0. The van der Waals surface area contributed by atoms with E-state index in [9.17, 15) is 31.1 Å². The Morgan fingerprint density at radius 2 is 1.50 bits per heavy atom. The molecule has 0 spiro atoms. The molecule has 3 nitrogen and oxygen atoms in total. The van der Waals surface area contributed by atoms with Gasteiger partial charge in [-0.25, -0.2) is 4.79 Å². The van der Waals surface area contributed by atoms with Crippen molar-refractivity contribution >= 4 is 18.5 Å². The van der Waals surface area contributed by atoms with Gasteiger partial charge in [0.05, 0.1) is 17.7 Å². The molecular weight excluding hydrogens is 340 g/mol. The summed E-state index contributed by atoms with van der Waals surface area (Å²) in [7, 11) is 0. The van der Waals surface area contributed by atoms with Gasteiger partial charge in [-0.3, -0.25) is 0 Å². The highest BCUT2D eigenvalue weighted by Gasteiger charge is 2.37. The summed E-state index contributed by atoms with van der Waals surface area (Å²) in [5, 5.41) is 0. The summed E-state index contributed by atoms with van der Waals surface area (Å²) in [5.41, 5.74) is -3.06. The van der Waals surface area contributed by atoms with Gasteiger partial charge in [-0.2, -0.15) is 26.3 Å². The van der Waals surface area contributed by atoms with Crippen LogP contribution >= 0.6 is 12.4 Å². The second-order valence-electron chi connectivity index (χ2n) is 4.45. The summed E-state index contributed by atoms with van der Waals surface area (Å²) < 4.78 is 80.5. The standard InChI is InChI=1S/C12H9F6NO2.ClH/c13-11(14,15)8-3-7(4-9(5-8)12(16,17)18)6-19-1-2-21-10(19)20;/h3-5H,1-2,6H2;1H. The van der Waals surface area contributed by atoms with Crippen molar-refractivity contribution in [3.63, 3.8) is 0 Å². The zero-order valence-corrected chi connectivity index (χ0v) is 11.6. The quantitative estimate of drug-likeness (QED) is 0.752. The molecule has 2 rings (SSSR count). The van der Waals surface area contributed by atoms with Gasteiger partial charge < -0.3 is 9.64 Å². The van der Waals surface area contributed by atoms with E-state index in [0.717, 1.165) is 4.90 Å². The molecule has 22 heavy (non-hydrogen) atoms. The second-order valence-corrected chi connectivity index (χ2v) is 4.45. The number of nitrogens with zero attached hydrogens (tertiary/aromatic N) is 1. The van der Waals surface area contributed by atoms with Crippen LogP contribution in [-0.2, 0) is 23.6 Å². The fourth-order valence-corrected chi connectivity index (χ4v) is 1.90. The van der Waals surface area contributed by atoms with E-state index >= 15 is 0 Å². The van der Waals surface area contributed by atoms with Gasteiger partial charge in [-0.1, -0.05) is 0 Å². The minimum Gasteiger partial charge on any atom is -0.448 e. The van der Waals surface area contributed by atoms with Crippen LogP contribution in [0.25, 0.3) is 0 Å². The summed E-state index contributed by atoms with van der Waals surface area (Å²) >= 11 is 0. The first-order valence-corrected chi connectivity index (χ1v) is 5.77. The number of hydrogen-bond donors (Lipinski definition) is 0. The lowest BCUT2D eigenvalue weighted by Gasteiger charge is -2.17. The van der Waals surface area contributed by atoms with Crippen molar-refractivity contribution < 1.29 is 35.9 Å². The molecule has 1 fully saturated rings. The number of ether oxygens (including phenoxy) is 1. The van der Waals surface area contributed by atoms with Gasteiger partial charge in [0.25, 0.3) is 0 Å². The van der Waals surface area contributed by atoms with E-state index in [1.165, 1.54) is 0 Å². The number of benzene rings is 1. The zero-order valence-electron chi connectivity index (χ0n) is 10.8. The van der Waals surface area contributed by atoms with E-state index in [2.05, 4.69) is 4.74 Å². The molecule has 1 aliphatic rings. The van der Waals surface area contributed by atoms with Crippen LogP contribution in [0.2, 0.25) is 0 Å². The molecule has 1 aromatic rings. The average Bonchev–Trinajstić information content (AvgIpc) is 2.72. The number of alkyl halides is 6. The lowest BCUT2D eigenvalue weighted by Crippen LogP contribution is -2.24. The van der Waals surface area contributed by atoms with Crippen molar-refractivity contribution in [2.24, 2.45) is 0 Å². The third-order valence-corrected chi connectivity index (χ3v) is 2.87. The third kappa shape index (κ3) is 4.19. The number of carbonyl (C=O) groups is 1. The summed E-state index contributed by atoms with van der Waals surface area (Å²) in [4.78, 5) is 12.2. The van der Waals surface area contributed by atoms with Crippen molar-refractivity contribution in [2.45, 2.75) is 18.9 Å². The van der Waals surface area contributed by atoms with Crippen molar-refractivity contribution in [1.29, 1.82) is 0 Å². The molecule has 124 valence electrons. The van der Waals surface area contributed by atoms with Crippen molar-refractivity contribution in [2.75, 3.05) is 13.2 Å². The van der Waals surface area contributed by atoms with Crippen LogP contribution in [0.5, 0.6) is 0 Å². The molecule has 0 saturated carbocycles. The van der Waals surface area contributed by atoms with E-state index in [1.54, 1.807) is 0 Å². The first-order chi connectivity index (χ1) is 9.57. The van der Waals surface area contributed by atoms with Crippen LogP contribution in [0.3, 0.4) is 0 Å². The van der Waals surface area contributed by atoms with Gasteiger partial charge in [0, 0.05) is 6.54 Å². The Labute approximate surface area is 127 Å². The molecule has 0 bridgehead atoms. The Bertz CT molecular complexity index is 525. The summed E-state index contributed by atoms with van der Waals surface area (Å²) in [6.07, 6.45) is -10.6. The highest BCUT2D eigenvalue weighted by molar-refractivity contribution is 5.85. The molecule has 1 aromatic carbocycles. The van der Waals surface area contributed by atoms with Gasteiger partial charge >= 0.3 is 18.4 Å². The molecule has 10 heteroatoms. The summed E-state index contributed by atoms with van der Waals surface area (Å²) in [6.45, 7) is -0.188. The van der Waals surface area contributed by atoms with E-state index in [4.69, 9.17) is 0 Å². The van der Waals surface area contributed by atoms with Crippen molar-refractivity contribution in [1.82, 2.24) is 4.90 Å². The fourth-order valence-electron chi connectivity index (χ4n) is 1.90. The number of cyclic esters (lactones) is 1. The monoisotopic (exact) mass is 349 g/mol. The molecule has 0 unspecified atom stereocenters. The SMILES string of the molecule is Cl.O=C1OCCN1Cc1cc(C(F)(F)F)cc(C(F)(F)F)c1. The Balaban J connectivity index is 0.00000242. The van der Waals surface area contributed by atoms with Gasteiger partial charge in [0.1, 0.15) is 6.61 Å². The molecule has 1 heterocycles. The molecule has 0 N–H and O–H groups in total. The van der Waals surface area contributed by atoms with Gasteiger partial charge in [-0.05, 0) is 23.8 Å². The van der Waals surface area contributed by atoms with Crippen molar-refractivity contribution in [3.05, 3.63) is 34.9 Å². The molecule has 1 saturated heterocycles. The van der Waals surface area contributed by atoms with Gasteiger partial charge in [-0.15, -0.1) is 12.4 Å². The third-order valence-electron chi connectivity index (χ3n) is 2.87. The van der Waals surface area contributed by atoms with Gasteiger partial charge in [0.15, 0.2) is 0 Å². The molecule has 0 radical (unpaired) electrons. The number of halogens is 7. The Kier molecular flexibility index (Phi) is 5.21. The topological polar surface area (TPSA) is 29.5 Å². The maximum atomic E-state index is 12.7. The molecule has 0 atom stereocenters. The predicted molar refractivity (Wildman–Crippen MR) is 65.5 cm³/mol. The lowest BCUT2D eigenvalue weighted by atomic mass is 10.0. The number of amides is 1. The van der Waals surface area contributed by atoms with Crippen LogP contribution < -0.4 is 0 Å². The first kappa shape index (κ1) is 18.4. The number of hydrogen-bond acceptors (Lipinski definition) is 2. The predicted octanol–water partition coefficient (Wildman–Crippen LogP) is 4.10. The highest BCUT2D eigenvalue weighted by Crippen LogP contribution is 2.36. The molecule has 1 amide bonds. The summed E-state index contributed by atoms with van der Waals surface area (Å²) in [5.74, 6) is 0. The Morgan fingerprint density at radius 3 is 1.86 bits per heavy atom. The lowest BCUT2D eigenvalue weighted by molar-refractivity contribution is -0.143. The second kappa shape index (κ2) is 6.23. The van der Waals surface area contributed by atoms with E-state index < -0.39 is 29.6 Å². The number of carbonyl (C=O) groups excluding carboxylic acids is 1. The first-order valence-electron chi connectivity index (χ1n) is 5.77. The zero-order chi connectivity index (χ0) is 15.8. The summed E-state index contributed by atoms with van der Waals surface area (Å²) in [6, 6.07) is 1.24. The minimum atomic E-state index is -4.90. The van der Waals surface area contributed by atoms with E-state index in [-0.39, 0.29) is 43.7 Å². The largest absolute Gasteiger partial charge is 0.448 e. The van der Waals surface area contributed by atoms with Crippen LogP contribution in [0.4, 0.5) is 31.1 Å². The Hall–Kier alpha value is -1.64. The van der Waals surface area contributed by atoms with Crippen molar-refractivity contribution in [3.8, 4) is 0 Å². The van der Waals surface area contributed by atoms with Crippen LogP contribution in [0.1, 0.15) is 16.7 Å². The molecule has 0 aromatic heterocycles.